The SMILES string of the molecule is CCc1c(-c2ccccc2)c(=O)[nH]c2nc(Nc3ccc(N4CCN(CC)CC4)cc3)nc(C)c12. The number of hydrogen-bond acceptors (Lipinski definition) is 6. The van der Waals surface area contributed by atoms with Gasteiger partial charge in [-0.1, -0.05) is 44.2 Å². The number of nitrogens with zero attached hydrogens (tertiary/aromatic N) is 4. The van der Waals surface area contributed by atoms with E-state index in [2.05, 4.69) is 63.2 Å². The van der Waals surface area contributed by atoms with Gasteiger partial charge in [0.15, 0.2) is 0 Å². The number of rotatable bonds is 6. The number of aromatic nitrogens is 3. The first-order valence-corrected chi connectivity index (χ1v) is 12.4. The quantitative estimate of drug-likeness (QED) is 0.426. The van der Waals surface area contributed by atoms with Crippen molar-refractivity contribution in [1.82, 2.24) is 19.9 Å². The van der Waals surface area contributed by atoms with Crippen molar-refractivity contribution < 1.29 is 0 Å². The fourth-order valence-electron chi connectivity index (χ4n) is 4.98. The molecule has 180 valence electrons. The molecule has 0 unspecified atom stereocenters. The summed E-state index contributed by atoms with van der Waals surface area (Å²) in [6.45, 7) is 11.7. The summed E-state index contributed by atoms with van der Waals surface area (Å²) in [6, 6.07) is 18.2. The summed E-state index contributed by atoms with van der Waals surface area (Å²) in [5.74, 6) is 0.476. The molecule has 0 atom stereocenters. The van der Waals surface area contributed by atoms with Crippen LogP contribution in [0.25, 0.3) is 22.2 Å². The molecule has 0 amide bonds. The highest BCUT2D eigenvalue weighted by Crippen LogP contribution is 2.29. The number of hydrogen-bond donors (Lipinski definition) is 2. The van der Waals surface area contributed by atoms with Gasteiger partial charge in [-0.25, -0.2) is 4.98 Å². The van der Waals surface area contributed by atoms with Crippen LogP contribution in [0.4, 0.5) is 17.3 Å². The van der Waals surface area contributed by atoms with Crippen LogP contribution >= 0.6 is 0 Å². The lowest BCUT2D eigenvalue weighted by Crippen LogP contribution is -2.46. The van der Waals surface area contributed by atoms with Crippen LogP contribution in [-0.2, 0) is 6.42 Å². The number of H-pyrrole nitrogens is 1. The summed E-state index contributed by atoms with van der Waals surface area (Å²) >= 11 is 0. The number of anilines is 3. The molecule has 3 heterocycles. The van der Waals surface area contributed by atoms with Crippen molar-refractivity contribution in [2.24, 2.45) is 0 Å². The average molecular weight is 469 g/mol. The van der Waals surface area contributed by atoms with E-state index < -0.39 is 0 Å². The Hall–Kier alpha value is -3.71. The molecule has 1 aliphatic rings. The Labute approximate surface area is 205 Å². The molecule has 0 bridgehead atoms. The van der Waals surface area contributed by atoms with E-state index in [4.69, 9.17) is 4.98 Å². The maximum atomic E-state index is 13.1. The molecule has 0 radical (unpaired) electrons. The standard InChI is InChI=1S/C28H32N6O/c1-4-23-24-19(3)29-28(32-26(24)31-27(35)25(23)20-9-7-6-8-10-20)30-21-11-13-22(14-12-21)34-17-15-33(5-2)16-18-34/h6-14H,4-5,15-18H2,1-3H3,(H2,29,30,31,32,35). The van der Waals surface area contributed by atoms with Gasteiger partial charge < -0.3 is 20.1 Å². The lowest BCUT2D eigenvalue weighted by Gasteiger charge is -2.35. The van der Waals surface area contributed by atoms with Gasteiger partial charge in [-0.3, -0.25) is 4.79 Å². The highest BCUT2D eigenvalue weighted by Gasteiger charge is 2.18. The number of aryl methyl sites for hydroxylation is 2. The van der Waals surface area contributed by atoms with Gasteiger partial charge in [0.25, 0.3) is 5.56 Å². The van der Waals surface area contributed by atoms with Crippen LogP contribution in [0.15, 0.2) is 59.4 Å². The van der Waals surface area contributed by atoms with E-state index in [-0.39, 0.29) is 5.56 Å². The Kier molecular flexibility index (Phi) is 6.51. The van der Waals surface area contributed by atoms with Gasteiger partial charge in [0, 0.05) is 42.9 Å². The number of benzene rings is 2. The molecule has 0 aliphatic carbocycles. The molecule has 7 heteroatoms. The largest absolute Gasteiger partial charge is 0.369 e. The predicted molar refractivity (Wildman–Crippen MR) is 144 cm³/mol. The summed E-state index contributed by atoms with van der Waals surface area (Å²) < 4.78 is 0. The molecule has 7 nitrogen and oxygen atoms in total. The third-order valence-corrected chi connectivity index (χ3v) is 6.88. The van der Waals surface area contributed by atoms with Crippen molar-refractivity contribution in [3.8, 4) is 11.1 Å². The van der Waals surface area contributed by atoms with E-state index in [1.807, 2.05) is 37.3 Å². The number of nitrogens with one attached hydrogen (secondary N) is 2. The number of piperazine rings is 1. The molecule has 0 saturated carbocycles. The van der Waals surface area contributed by atoms with E-state index >= 15 is 0 Å². The van der Waals surface area contributed by atoms with Crippen molar-refractivity contribution in [2.75, 3.05) is 42.9 Å². The highest BCUT2D eigenvalue weighted by molar-refractivity contribution is 5.88. The van der Waals surface area contributed by atoms with Gasteiger partial charge in [0.2, 0.25) is 5.95 Å². The molecule has 2 aromatic heterocycles. The molecule has 2 N–H and O–H groups in total. The number of aromatic amines is 1. The first-order chi connectivity index (χ1) is 17.1. The molecule has 0 spiro atoms. The van der Waals surface area contributed by atoms with E-state index in [0.29, 0.717) is 17.2 Å². The molecule has 2 aromatic carbocycles. The van der Waals surface area contributed by atoms with Crippen LogP contribution < -0.4 is 15.8 Å². The van der Waals surface area contributed by atoms with E-state index in [1.165, 1.54) is 5.69 Å². The minimum atomic E-state index is -0.128. The summed E-state index contributed by atoms with van der Waals surface area (Å²) in [6.07, 6.45) is 0.718. The molecular weight excluding hydrogens is 436 g/mol. The predicted octanol–water partition coefficient (Wildman–Crippen LogP) is 4.74. The lowest BCUT2D eigenvalue weighted by molar-refractivity contribution is 0.271. The Bertz CT molecular complexity index is 1370. The fourth-order valence-corrected chi connectivity index (χ4v) is 4.98. The van der Waals surface area contributed by atoms with E-state index in [9.17, 15) is 4.79 Å². The van der Waals surface area contributed by atoms with Crippen LogP contribution in [-0.4, -0.2) is 52.6 Å². The Balaban J connectivity index is 1.42. The molecule has 5 rings (SSSR count). The molecule has 35 heavy (non-hydrogen) atoms. The van der Waals surface area contributed by atoms with Gasteiger partial charge in [0.05, 0.1) is 11.3 Å². The van der Waals surface area contributed by atoms with Crippen LogP contribution in [0.1, 0.15) is 25.1 Å². The third kappa shape index (κ3) is 4.64. The summed E-state index contributed by atoms with van der Waals surface area (Å²) in [7, 11) is 0. The number of pyridine rings is 1. The Morgan fingerprint density at radius 1 is 0.943 bits per heavy atom. The van der Waals surface area contributed by atoms with Gasteiger partial charge in [-0.2, -0.15) is 4.98 Å². The molecule has 1 aliphatic heterocycles. The van der Waals surface area contributed by atoms with Crippen LogP contribution in [0.5, 0.6) is 0 Å². The average Bonchev–Trinajstić information content (AvgIpc) is 2.89. The lowest BCUT2D eigenvalue weighted by atomic mass is 9.96. The van der Waals surface area contributed by atoms with Crippen molar-refractivity contribution in [2.45, 2.75) is 27.2 Å². The molecule has 1 saturated heterocycles. The Morgan fingerprint density at radius 3 is 2.31 bits per heavy atom. The fraction of sp³-hybridized carbons (Fsp3) is 0.321. The zero-order valence-corrected chi connectivity index (χ0v) is 20.6. The van der Waals surface area contributed by atoms with Crippen LogP contribution in [0.3, 0.4) is 0 Å². The first kappa shape index (κ1) is 23.1. The smallest absolute Gasteiger partial charge is 0.257 e. The van der Waals surface area contributed by atoms with E-state index in [1.54, 1.807) is 0 Å². The van der Waals surface area contributed by atoms with Crippen molar-refractivity contribution in [1.29, 1.82) is 0 Å². The zero-order chi connectivity index (χ0) is 24.4. The second-order valence-corrected chi connectivity index (χ2v) is 8.98. The maximum Gasteiger partial charge on any atom is 0.257 e. The van der Waals surface area contributed by atoms with E-state index in [0.717, 1.165) is 67.0 Å². The summed E-state index contributed by atoms with van der Waals surface area (Å²) in [4.78, 5) is 30.4. The first-order valence-electron chi connectivity index (χ1n) is 12.4. The van der Waals surface area contributed by atoms with Gasteiger partial charge in [-0.15, -0.1) is 0 Å². The molecule has 1 fully saturated rings. The second-order valence-electron chi connectivity index (χ2n) is 8.98. The minimum absolute atomic E-state index is 0.128. The monoisotopic (exact) mass is 468 g/mol. The van der Waals surface area contributed by atoms with Gasteiger partial charge in [0.1, 0.15) is 5.65 Å². The number of fused-ring (bicyclic) bond motifs is 1. The van der Waals surface area contributed by atoms with Crippen LogP contribution in [0, 0.1) is 6.92 Å². The molecule has 4 aromatic rings. The Morgan fingerprint density at radius 2 is 1.66 bits per heavy atom. The zero-order valence-electron chi connectivity index (χ0n) is 20.6. The topological polar surface area (TPSA) is 77.2 Å². The number of likely N-dealkylation sites (N-methyl/N-ethyl adjacent to an activating group) is 1. The third-order valence-electron chi connectivity index (χ3n) is 6.88. The van der Waals surface area contributed by atoms with Crippen molar-refractivity contribution in [3.05, 3.63) is 76.2 Å². The van der Waals surface area contributed by atoms with Gasteiger partial charge >= 0.3 is 0 Å². The minimum Gasteiger partial charge on any atom is -0.369 e. The second kappa shape index (κ2) is 9.88. The molecular formula is C28H32N6O. The normalized spacial score (nSPS) is 14.4. The summed E-state index contributed by atoms with van der Waals surface area (Å²) in [5.41, 5.74) is 6.00. The highest BCUT2D eigenvalue weighted by atomic mass is 16.1. The van der Waals surface area contributed by atoms with Crippen molar-refractivity contribution in [3.63, 3.8) is 0 Å². The maximum absolute atomic E-state index is 13.1. The van der Waals surface area contributed by atoms with Gasteiger partial charge in [-0.05, 0) is 55.3 Å². The summed E-state index contributed by atoms with van der Waals surface area (Å²) in [5, 5.41) is 4.23. The van der Waals surface area contributed by atoms with Crippen LogP contribution in [0.2, 0.25) is 0 Å². The van der Waals surface area contributed by atoms with Crippen molar-refractivity contribution >= 4 is 28.4 Å².